The molecule has 0 atom stereocenters. The van der Waals surface area contributed by atoms with Crippen LogP contribution in [0, 0.1) is 0 Å². The number of rotatable bonds is 8. The predicted octanol–water partition coefficient (Wildman–Crippen LogP) is 2.26. The van der Waals surface area contributed by atoms with Crippen LogP contribution in [0.15, 0.2) is 23.3 Å². The largest absolute Gasteiger partial charge is 0.356 e. The first-order valence-corrected chi connectivity index (χ1v) is 10.4. The first-order valence-electron chi connectivity index (χ1n) is 9.05. The van der Waals surface area contributed by atoms with Crippen molar-refractivity contribution < 1.29 is 0 Å². The topological polar surface area (TPSA) is 55.8 Å². The molecule has 0 amide bonds. The van der Waals surface area contributed by atoms with Gasteiger partial charge in [0.05, 0.1) is 0 Å². The van der Waals surface area contributed by atoms with E-state index in [0.717, 1.165) is 51.0 Å². The van der Waals surface area contributed by atoms with Gasteiger partial charge in [-0.2, -0.15) is 11.8 Å². The van der Waals surface area contributed by atoms with Gasteiger partial charge in [-0.15, -0.1) is 24.0 Å². The monoisotopic (exact) mass is 492 g/mol. The predicted molar refractivity (Wildman–Crippen MR) is 125 cm³/mol. The van der Waals surface area contributed by atoms with Crippen molar-refractivity contribution in [1.82, 2.24) is 20.5 Å². The number of halogens is 1. The van der Waals surface area contributed by atoms with E-state index in [1.165, 1.54) is 24.2 Å². The fraction of sp³-hybridized carbons (Fsp3) is 0.667. The maximum absolute atomic E-state index is 4.63. The van der Waals surface area contributed by atoms with Crippen LogP contribution in [0.2, 0.25) is 0 Å². The minimum atomic E-state index is 0. The summed E-state index contributed by atoms with van der Waals surface area (Å²) in [5.41, 5.74) is 1.22. The highest BCUT2D eigenvalue weighted by Crippen LogP contribution is 2.18. The van der Waals surface area contributed by atoms with E-state index in [-0.39, 0.29) is 24.0 Å². The van der Waals surface area contributed by atoms with Crippen LogP contribution < -0.4 is 15.5 Å². The summed E-state index contributed by atoms with van der Waals surface area (Å²) in [4.78, 5) is 13.7. The van der Waals surface area contributed by atoms with Crippen molar-refractivity contribution in [2.75, 3.05) is 63.7 Å². The molecule has 1 aromatic heterocycles. The summed E-state index contributed by atoms with van der Waals surface area (Å²) < 4.78 is 0. The Kier molecular flexibility index (Phi) is 12.0. The molecule has 0 spiro atoms. The van der Waals surface area contributed by atoms with Gasteiger partial charge >= 0.3 is 0 Å². The third-order valence-corrected chi connectivity index (χ3v) is 5.10. The minimum absolute atomic E-state index is 0. The Morgan fingerprint density at radius 1 is 1.23 bits per heavy atom. The molecule has 1 aliphatic rings. The SMILES string of the molecule is CN=C(NCCCCSC)NCc1cccnc1N1CCN(C)CC1.I. The summed E-state index contributed by atoms with van der Waals surface area (Å²) in [7, 11) is 3.99. The molecule has 1 fully saturated rings. The van der Waals surface area contributed by atoms with Crippen LogP contribution >= 0.6 is 35.7 Å². The van der Waals surface area contributed by atoms with Crippen molar-refractivity contribution in [3.8, 4) is 0 Å². The molecule has 2 heterocycles. The number of aromatic nitrogens is 1. The third-order valence-electron chi connectivity index (χ3n) is 4.41. The number of unbranched alkanes of at least 4 members (excludes halogenated alkanes) is 1. The lowest BCUT2D eigenvalue weighted by Gasteiger charge is -2.34. The maximum atomic E-state index is 4.63. The fourth-order valence-electron chi connectivity index (χ4n) is 2.85. The van der Waals surface area contributed by atoms with E-state index in [9.17, 15) is 0 Å². The highest BCUT2D eigenvalue weighted by molar-refractivity contribution is 14.0. The first-order chi connectivity index (χ1) is 12.2. The number of pyridine rings is 1. The summed E-state index contributed by atoms with van der Waals surface area (Å²) in [6.07, 6.45) is 6.44. The average molecular weight is 492 g/mol. The van der Waals surface area contributed by atoms with E-state index >= 15 is 0 Å². The molecule has 1 saturated heterocycles. The standard InChI is InChI=1S/C18H32N6S.HI/c1-19-18(21-8-4-5-14-25-3)22-15-16-7-6-9-20-17(16)24-12-10-23(2)11-13-24;/h6-7,9H,4-5,8,10-15H2,1-3H3,(H2,19,21,22);1H. The van der Waals surface area contributed by atoms with Gasteiger partial charge in [-0.25, -0.2) is 4.98 Å². The number of hydrogen-bond donors (Lipinski definition) is 2. The molecule has 0 radical (unpaired) electrons. The zero-order chi connectivity index (χ0) is 17.9. The number of nitrogens with one attached hydrogen (secondary N) is 2. The lowest BCUT2D eigenvalue weighted by molar-refractivity contribution is 0.312. The zero-order valence-corrected chi connectivity index (χ0v) is 19.3. The number of nitrogens with zero attached hydrogens (tertiary/aromatic N) is 4. The van der Waals surface area contributed by atoms with Gasteiger partial charge in [0.2, 0.25) is 0 Å². The molecule has 6 nitrogen and oxygen atoms in total. The molecule has 2 N–H and O–H groups in total. The van der Waals surface area contributed by atoms with E-state index < -0.39 is 0 Å². The molecule has 0 unspecified atom stereocenters. The Morgan fingerprint density at radius 3 is 2.69 bits per heavy atom. The molecule has 1 aromatic rings. The number of thioether (sulfide) groups is 1. The number of likely N-dealkylation sites (N-methyl/N-ethyl adjacent to an activating group) is 1. The van der Waals surface area contributed by atoms with E-state index in [1.54, 1.807) is 0 Å². The highest BCUT2D eigenvalue weighted by atomic mass is 127. The molecule has 0 saturated carbocycles. The van der Waals surface area contributed by atoms with Crippen molar-refractivity contribution in [3.05, 3.63) is 23.9 Å². The quantitative estimate of drug-likeness (QED) is 0.251. The molecule has 148 valence electrons. The number of guanidine groups is 1. The second-order valence-electron chi connectivity index (χ2n) is 6.33. The summed E-state index contributed by atoms with van der Waals surface area (Å²) in [6, 6.07) is 4.16. The van der Waals surface area contributed by atoms with Gasteiger partial charge < -0.3 is 20.4 Å². The summed E-state index contributed by atoms with van der Waals surface area (Å²) in [5, 5.41) is 6.81. The van der Waals surface area contributed by atoms with Crippen LogP contribution in [0.3, 0.4) is 0 Å². The van der Waals surface area contributed by atoms with Crippen molar-refractivity contribution >= 4 is 47.5 Å². The minimum Gasteiger partial charge on any atom is -0.356 e. The van der Waals surface area contributed by atoms with E-state index in [0.29, 0.717) is 0 Å². The van der Waals surface area contributed by atoms with Gasteiger partial charge in [-0.3, -0.25) is 4.99 Å². The van der Waals surface area contributed by atoms with E-state index in [2.05, 4.69) is 49.8 Å². The molecular weight excluding hydrogens is 459 g/mol. The van der Waals surface area contributed by atoms with E-state index in [4.69, 9.17) is 0 Å². The van der Waals surface area contributed by atoms with Crippen LogP contribution in [0.25, 0.3) is 0 Å². The van der Waals surface area contributed by atoms with Gasteiger partial charge in [0.25, 0.3) is 0 Å². The Labute approximate surface area is 179 Å². The van der Waals surface area contributed by atoms with Gasteiger partial charge in [-0.1, -0.05) is 6.07 Å². The lowest BCUT2D eigenvalue weighted by Crippen LogP contribution is -2.45. The number of hydrogen-bond acceptors (Lipinski definition) is 5. The van der Waals surface area contributed by atoms with Gasteiger partial charge in [0, 0.05) is 58.1 Å². The van der Waals surface area contributed by atoms with Gasteiger partial charge in [0.15, 0.2) is 5.96 Å². The zero-order valence-electron chi connectivity index (χ0n) is 16.2. The summed E-state index contributed by atoms with van der Waals surface area (Å²) in [5.74, 6) is 3.17. The lowest BCUT2D eigenvalue weighted by atomic mass is 10.2. The Morgan fingerprint density at radius 2 is 2.00 bits per heavy atom. The van der Waals surface area contributed by atoms with Gasteiger partial charge in [-0.05, 0) is 38.0 Å². The van der Waals surface area contributed by atoms with Crippen LogP contribution in [0.1, 0.15) is 18.4 Å². The van der Waals surface area contributed by atoms with Crippen LogP contribution in [-0.2, 0) is 6.54 Å². The number of aliphatic imine (C=N–C) groups is 1. The van der Waals surface area contributed by atoms with Crippen LogP contribution in [0.4, 0.5) is 5.82 Å². The molecule has 0 aromatic carbocycles. The Hall–Kier alpha value is -0.740. The van der Waals surface area contributed by atoms with Crippen molar-refractivity contribution in [3.63, 3.8) is 0 Å². The molecule has 0 bridgehead atoms. The number of anilines is 1. The normalized spacial score (nSPS) is 15.5. The molecule has 1 aliphatic heterocycles. The Bertz CT molecular complexity index is 534. The Balaban J connectivity index is 0.00000338. The molecule has 0 aliphatic carbocycles. The maximum Gasteiger partial charge on any atom is 0.191 e. The summed E-state index contributed by atoms with van der Waals surface area (Å²) >= 11 is 1.90. The smallest absolute Gasteiger partial charge is 0.191 e. The second kappa shape index (κ2) is 13.4. The third kappa shape index (κ3) is 7.87. The van der Waals surface area contributed by atoms with Crippen molar-refractivity contribution in [1.29, 1.82) is 0 Å². The molecule has 8 heteroatoms. The highest BCUT2D eigenvalue weighted by Gasteiger charge is 2.17. The van der Waals surface area contributed by atoms with Crippen molar-refractivity contribution in [2.45, 2.75) is 19.4 Å². The van der Waals surface area contributed by atoms with Crippen LogP contribution in [0.5, 0.6) is 0 Å². The molecule has 26 heavy (non-hydrogen) atoms. The molecule has 2 rings (SSSR count). The van der Waals surface area contributed by atoms with Gasteiger partial charge in [0.1, 0.15) is 5.82 Å². The first kappa shape index (κ1) is 23.3. The molecular formula is C18H33IN6S. The van der Waals surface area contributed by atoms with E-state index in [1.807, 2.05) is 31.1 Å². The van der Waals surface area contributed by atoms with Crippen LogP contribution in [-0.4, -0.2) is 74.7 Å². The number of piperazine rings is 1. The fourth-order valence-corrected chi connectivity index (χ4v) is 3.34. The average Bonchev–Trinajstić information content (AvgIpc) is 2.65. The second-order valence-corrected chi connectivity index (χ2v) is 7.31. The summed E-state index contributed by atoms with van der Waals surface area (Å²) in [6.45, 7) is 5.93. The van der Waals surface area contributed by atoms with Crippen molar-refractivity contribution in [2.24, 2.45) is 4.99 Å².